The summed E-state index contributed by atoms with van der Waals surface area (Å²) in [6.07, 6.45) is 1.50. The molecule has 6 nitrogen and oxygen atoms in total. The molecule has 3 aromatic rings. The van der Waals surface area contributed by atoms with Gasteiger partial charge in [0.2, 0.25) is 0 Å². The lowest BCUT2D eigenvalue weighted by molar-refractivity contribution is -0.388. The lowest BCUT2D eigenvalue weighted by atomic mass is 10.1. The van der Waals surface area contributed by atoms with E-state index in [2.05, 4.69) is 49.9 Å². The first kappa shape index (κ1) is 17.7. The van der Waals surface area contributed by atoms with Gasteiger partial charge in [-0.25, -0.2) is 9.97 Å². The van der Waals surface area contributed by atoms with Crippen LogP contribution in [0.1, 0.15) is 18.7 Å². The molecule has 0 radical (unpaired) electrons. The third-order valence-corrected chi connectivity index (χ3v) is 4.60. The van der Waals surface area contributed by atoms with Gasteiger partial charge in [0.25, 0.3) is 0 Å². The molecule has 1 aliphatic heterocycles. The summed E-state index contributed by atoms with van der Waals surface area (Å²) in [5.74, 6) is 0.857. The summed E-state index contributed by atoms with van der Waals surface area (Å²) in [7, 11) is 0. The van der Waals surface area contributed by atoms with E-state index < -0.39 is 0 Å². The number of rotatable bonds is 3. The molecule has 1 saturated heterocycles. The number of nitrogens with zero attached hydrogens (tertiary/aromatic N) is 3. The highest BCUT2D eigenvalue weighted by atomic mass is 35.5. The Morgan fingerprint density at radius 2 is 1.96 bits per heavy atom. The molecule has 0 unspecified atom stereocenters. The molecule has 25 heavy (non-hydrogen) atoms. The molecule has 7 heteroatoms. The van der Waals surface area contributed by atoms with Gasteiger partial charge in [-0.15, -0.1) is 0 Å². The van der Waals surface area contributed by atoms with Crippen molar-refractivity contribution < 1.29 is 23.2 Å². The molecule has 0 atom stereocenters. The van der Waals surface area contributed by atoms with Crippen LogP contribution in [-0.2, 0) is 6.54 Å². The number of benzene rings is 1. The predicted molar refractivity (Wildman–Crippen MR) is 93.4 cm³/mol. The second-order valence-electron chi connectivity index (χ2n) is 6.27. The van der Waals surface area contributed by atoms with E-state index in [9.17, 15) is 5.11 Å². The Labute approximate surface area is 152 Å². The van der Waals surface area contributed by atoms with Crippen molar-refractivity contribution in [2.75, 3.05) is 18.0 Å². The van der Waals surface area contributed by atoms with Crippen LogP contribution in [0.4, 0.5) is 5.69 Å². The zero-order chi connectivity index (χ0) is 16.5. The number of aromatic nitrogens is 3. The van der Waals surface area contributed by atoms with Crippen molar-refractivity contribution in [2.45, 2.75) is 25.5 Å². The third-order valence-electron chi connectivity index (χ3n) is 4.60. The molecule has 0 aliphatic carbocycles. The minimum atomic E-state index is -0.157. The van der Waals surface area contributed by atoms with Crippen LogP contribution < -0.4 is 23.0 Å². The second kappa shape index (κ2) is 7.39. The van der Waals surface area contributed by atoms with Gasteiger partial charge < -0.3 is 33.1 Å². The zero-order valence-electron chi connectivity index (χ0n) is 14.0. The molecular formula is C18H22ClN5O. The predicted octanol–water partition coefficient (Wildman–Crippen LogP) is -1.67. The molecule has 2 aromatic heterocycles. The van der Waals surface area contributed by atoms with Gasteiger partial charge in [-0.3, -0.25) is 0 Å². The van der Waals surface area contributed by atoms with E-state index in [4.69, 9.17) is 0 Å². The minimum absolute atomic E-state index is 0. The molecule has 3 heterocycles. The number of hydrogen-bond acceptors (Lipinski definition) is 4. The van der Waals surface area contributed by atoms with E-state index in [1.54, 1.807) is 0 Å². The molecule has 5 N–H and O–H groups in total. The van der Waals surface area contributed by atoms with Crippen LogP contribution in [0.5, 0.6) is 0 Å². The van der Waals surface area contributed by atoms with E-state index >= 15 is 0 Å². The SMILES string of the molecule is [Cl-].[NH3+]Cc1nc2nc(-c3cccc(N4CCC(O)CC4)c3)ccc2[nH]1. The third kappa shape index (κ3) is 3.61. The molecule has 1 aromatic carbocycles. The fourth-order valence-electron chi connectivity index (χ4n) is 3.21. The van der Waals surface area contributed by atoms with Crippen molar-refractivity contribution in [1.29, 1.82) is 0 Å². The number of imidazole rings is 1. The number of pyridine rings is 1. The van der Waals surface area contributed by atoms with Crippen LogP contribution in [-0.4, -0.2) is 39.3 Å². The smallest absolute Gasteiger partial charge is 0.178 e. The maximum Gasteiger partial charge on any atom is 0.178 e. The van der Waals surface area contributed by atoms with E-state index in [0.717, 1.165) is 54.2 Å². The Balaban J connectivity index is 0.00000182. The summed E-state index contributed by atoms with van der Waals surface area (Å²) in [6.45, 7) is 2.41. The zero-order valence-corrected chi connectivity index (χ0v) is 14.7. The number of nitrogens with one attached hydrogen (secondary N) is 1. The number of halogens is 1. The van der Waals surface area contributed by atoms with E-state index in [1.165, 1.54) is 5.69 Å². The first-order chi connectivity index (χ1) is 11.7. The Hall–Kier alpha value is -2.15. The topological polar surface area (TPSA) is 92.7 Å². The summed E-state index contributed by atoms with van der Waals surface area (Å²) in [6, 6.07) is 12.5. The van der Waals surface area contributed by atoms with E-state index in [1.807, 2.05) is 12.1 Å². The number of fused-ring (bicyclic) bond motifs is 1. The molecule has 0 bridgehead atoms. The highest BCUT2D eigenvalue weighted by Crippen LogP contribution is 2.26. The highest BCUT2D eigenvalue weighted by molar-refractivity contribution is 5.76. The van der Waals surface area contributed by atoms with Gasteiger partial charge in [0.05, 0.1) is 17.3 Å². The number of piperidine rings is 1. The average molecular weight is 360 g/mol. The number of H-pyrrole nitrogens is 1. The number of aliphatic hydroxyl groups excluding tert-OH is 1. The van der Waals surface area contributed by atoms with Crippen LogP contribution in [0.2, 0.25) is 0 Å². The van der Waals surface area contributed by atoms with Gasteiger partial charge in [0, 0.05) is 24.3 Å². The highest BCUT2D eigenvalue weighted by Gasteiger charge is 2.17. The van der Waals surface area contributed by atoms with Gasteiger partial charge in [0.15, 0.2) is 11.5 Å². The molecule has 4 rings (SSSR count). The largest absolute Gasteiger partial charge is 1.00 e. The second-order valence-corrected chi connectivity index (χ2v) is 6.27. The maximum atomic E-state index is 9.68. The monoisotopic (exact) mass is 359 g/mol. The maximum absolute atomic E-state index is 9.68. The molecule has 1 fully saturated rings. The van der Waals surface area contributed by atoms with Gasteiger partial charge in [-0.1, -0.05) is 12.1 Å². The molecular weight excluding hydrogens is 338 g/mol. The first-order valence-electron chi connectivity index (χ1n) is 8.41. The van der Waals surface area contributed by atoms with E-state index in [0.29, 0.717) is 6.54 Å². The van der Waals surface area contributed by atoms with Crippen molar-refractivity contribution in [2.24, 2.45) is 0 Å². The van der Waals surface area contributed by atoms with Crippen LogP contribution >= 0.6 is 0 Å². The van der Waals surface area contributed by atoms with Gasteiger partial charge in [-0.05, 0) is 37.1 Å². The van der Waals surface area contributed by atoms with Crippen LogP contribution in [0.15, 0.2) is 36.4 Å². The standard InChI is InChI=1S/C18H21N5O.ClH/c19-11-17-20-16-5-4-15(21-18(16)22-17)12-2-1-3-13(10-12)23-8-6-14(24)7-9-23;/h1-5,10,14,24H,6-9,11,19H2,(H,20,21,22);1H. The van der Waals surface area contributed by atoms with Crippen LogP contribution in [0.25, 0.3) is 22.4 Å². The fraction of sp³-hybridized carbons (Fsp3) is 0.333. The number of aromatic amines is 1. The number of anilines is 1. The Bertz CT molecular complexity index is 858. The molecule has 0 spiro atoms. The van der Waals surface area contributed by atoms with Crippen molar-refractivity contribution in [3.05, 3.63) is 42.2 Å². The number of hydrogen-bond donors (Lipinski definition) is 3. The first-order valence-corrected chi connectivity index (χ1v) is 8.41. The minimum Gasteiger partial charge on any atom is -1.00 e. The van der Waals surface area contributed by atoms with E-state index in [-0.39, 0.29) is 18.5 Å². The quantitative estimate of drug-likeness (QED) is 0.521. The van der Waals surface area contributed by atoms with Crippen molar-refractivity contribution in [3.63, 3.8) is 0 Å². The Morgan fingerprint density at radius 3 is 2.72 bits per heavy atom. The Kier molecular flexibility index (Phi) is 5.22. The molecule has 0 saturated carbocycles. The lowest BCUT2D eigenvalue weighted by Gasteiger charge is -2.31. The molecule has 132 valence electrons. The average Bonchev–Trinajstić information content (AvgIpc) is 3.05. The lowest BCUT2D eigenvalue weighted by Crippen LogP contribution is -3.00. The van der Waals surface area contributed by atoms with Crippen LogP contribution in [0, 0.1) is 0 Å². The van der Waals surface area contributed by atoms with Crippen molar-refractivity contribution >= 4 is 16.9 Å². The van der Waals surface area contributed by atoms with Crippen molar-refractivity contribution in [1.82, 2.24) is 15.0 Å². The summed E-state index contributed by atoms with van der Waals surface area (Å²) in [5.41, 5.74) is 8.72. The van der Waals surface area contributed by atoms with Gasteiger partial charge in [-0.2, -0.15) is 0 Å². The molecule has 0 amide bonds. The van der Waals surface area contributed by atoms with Crippen LogP contribution in [0.3, 0.4) is 0 Å². The summed E-state index contributed by atoms with van der Waals surface area (Å²) >= 11 is 0. The molecule has 1 aliphatic rings. The summed E-state index contributed by atoms with van der Waals surface area (Å²) < 4.78 is 0. The van der Waals surface area contributed by atoms with Gasteiger partial charge >= 0.3 is 0 Å². The number of aliphatic hydroxyl groups is 1. The fourth-order valence-corrected chi connectivity index (χ4v) is 3.21. The number of quaternary nitrogens is 1. The Morgan fingerprint density at radius 1 is 1.16 bits per heavy atom. The summed E-state index contributed by atoms with van der Waals surface area (Å²) in [4.78, 5) is 14.7. The van der Waals surface area contributed by atoms with Crippen molar-refractivity contribution in [3.8, 4) is 11.3 Å². The van der Waals surface area contributed by atoms with Gasteiger partial charge in [0.1, 0.15) is 6.54 Å². The normalized spacial score (nSPS) is 15.4. The summed E-state index contributed by atoms with van der Waals surface area (Å²) in [5, 5.41) is 9.68.